The number of para-hydroxylation sites is 1. The molecular weight excluding hydrogens is 250 g/mol. The third kappa shape index (κ3) is 3.72. The number of nitrogens with zero attached hydrogens (tertiary/aromatic N) is 1. The van der Waals surface area contributed by atoms with Crippen molar-refractivity contribution in [3.05, 3.63) is 29.3 Å². The molecule has 100 valence electrons. The van der Waals surface area contributed by atoms with Gasteiger partial charge in [-0.25, -0.2) is 0 Å². The van der Waals surface area contributed by atoms with Crippen molar-refractivity contribution in [1.29, 1.82) is 0 Å². The Hall–Kier alpha value is -1.06. The third-order valence-electron chi connectivity index (χ3n) is 2.79. The Bertz CT molecular complexity index is 387. The topological polar surface area (TPSA) is 29.5 Å². The zero-order valence-electron chi connectivity index (χ0n) is 11.2. The van der Waals surface area contributed by atoms with Gasteiger partial charge < -0.3 is 9.64 Å². The summed E-state index contributed by atoms with van der Waals surface area (Å²) in [6.45, 7) is 7.63. The summed E-state index contributed by atoms with van der Waals surface area (Å²) in [4.78, 5) is 13.7. The highest BCUT2D eigenvalue weighted by atomic mass is 35.5. The minimum absolute atomic E-state index is 0.0140. The van der Waals surface area contributed by atoms with Gasteiger partial charge in [-0.2, -0.15) is 0 Å². The van der Waals surface area contributed by atoms with Crippen LogP contribution in [0.15, 0.2) is 18.2 Å². The zero-order chi connectivity index (χ0) is 13.5. The Balaban J connectivity index is 2.98. The summed E-state index contributed by atoms with van der Waals surface area (Å²) in [5.74, 6) is -0.103. The lowest BCUT2D eigenvalue weighted by atomic mass is 10.1. The Morgan fingerprint density at radius 2 is 1.94 bits per heavy atom. The molecule has 0 unspecified atom stereocenters. The van der Waals surface area contributed by atoms with Gasteiger partial charge in [0.15, 0.2) is 0 Å². The zero-order valence-corrected chi connectivity index (χ0v) is 12.0. The number of anilines is 1. The van der Waals surface area contributed by atoms with Crippen LogP contribution in [0.2, 0.25) is 0 Å². The second-order valence-corrected chi connectivity index (χ2v) is 4.38. The van der Waals surface area contributed by atoms with E-state index in [0.717, 1.165) is 16.8 Å². The van der Waals surface area contributed by atoms with E-state index in [2.05, 4.69) is 0 Å². The van der Waals surface area contributed by atoms with Crippen LogP contribution in [-0.4, -0.2) is 31.5 Å². The van der Waals surface area contributed by atoms with Gasteiger partial charge >= 0.3 is 0 Å². The van der Waals surface area contributed by atoms with Crippen LogP contribution in [-0.2, 0) is 9.53 Å². The first kappa shape index (κ1) is 15.0. The molecule has 0 aliphatic rings. The maximum absolute atomic E-state index is 11.9. The molecule has 0 aliphatic carbocycles. The summed E-state index contributed by atoms with van der Waals surface area (Å²) < 4.78 is 5.32. The van der Waals surface area contributed by atoms with E-state index in [1.165, 1.54) is 0 Å². The Kier molecular flexibility index (Phi) is 6.16. The molecule has 0 atom stereocenters. The van der Waals surface area contributed by atoms with E-state index < -0.39 is 0 Å². The Morgan fingerprint density at radius 1 is 1.33 bits per heavy atom. The van der Waals surface area contributed by atoms with Crippen molar-refractivity contribution in [3.8, 4) is 0 Å². The molecule has 0 aliphatic heterocycles. The highest BCUT2D eigenvalue weighted by Gasteiger charge is 2.18. The van der Waals surface area contributed by atoms with E-state index in [1.807, 2.05) is 39.0 Å². The number of carbonyl (C=O) groups is 1. The van der Waals surface area contributed by atoms with E-state index in [4.69, 9.17) is 16.3 Å². The molecule has 0 fully saturated rings. The van der Waals surface area contributed by atoms with Crippen molar-refractivity contribution in [3.63, 3.8) is 0 Å². The van der Waals surface area contributed by atoms with Crippen molar-refractivity contribution < 1.29 is 9.53 Å². The van der Waals surface area contributed by atoms with Gasteiger partial charge in [0.05, 0.1) is 6.61 Å². The molecule has 1 aromatic rings. The summed E-state index contributed by atoms with van der Waals surface area (Å²) in [6, 6.07) is 5.98. The second kappa shape index (κ2) is 7.39. The Morgan fingerprint density at radius 3 is 2.44 bits per heavy atom. The molecule has 0 spiro atoms. The van der Waals surface area contributed by atoms with Gasteiger partial charge in [0, 0.05) is 18.8 Å². The van der Waals surface area contributed by atoms with Crippen molar-refractivity contribution in [2.45, 2.75) is 20.8 Å². The molecule has 1 aromatic carbocycles. The molecule has 0 N–H and O–H groups in total. The third-order valence-corrected chi connectivity index (χ3v) is 3.02. The van der Waals surface area contributed by atoms with Gasteiger partial charge in [-0.3, -0.25) is 4.79 Å². The summed E-state index contributed by atoms with van der Waals surface area (Å²) in [5.41, 5.74) is 3.10. The van der Waals surface area contributed by atoms with Crippen LogP contribution >= 0.6 is 11.6 Å². The number of hydrogen-bond acceptors (Lipinski definition) is 2. The molecule has 0 heterocycles. The van der Waals surface area contributed by atoms with Gasteiger partial charge in [-0.1, -0.05) is 18.2 Å². The van der Waals surface area contributed by atoms with Crippen LogP contribution in [0.5, 0.6) is 0 Å². The lowest BCUT2D eigenvalue weighted by molar-refractivity contribution is -0.116. The number of hydrogen-bond donors (Lipinski definition) is 0. The lowest BCUT2D eigenvalue weighted by Crippen LogP contribution is -2.36. The van der Waals surface area contributed by atoms with E-state index in [9.17, 15) is 4.79 Å². The highest BCUT2D eigenvalue weighted by molar-refractivity contribution is 6.29. The summed E-state index contributed by atoms with van der Waals surface area (Å²) in [6.07, 6.45) is 0. The number of aryl methyl sites for hydroxylation is 2. The fraction of sp³-hybridized carbons (Fsp3) is 0.500. The maximum atomic E-state index is 11.9. The van der Waals surface area contributed by atoms with E-state index in [1.54, 1.807) is 4.90 Å². The number of ether oxygens (including phenoxy) is 1. The predicted octanol–water partition coefficient (Wildman–Crippen LogP) is 2.91. The number of amides is 1. The first-order valence-electron chi connectivity index (χ1n) is 6.12. The second-order valence-electron chi connectivity index (χ2n) is 4.12. The number of halogens is 1. The van der Waals surface area contributed by atoms with Gasteiger partial charge in [0.2, 0.25) is 5.91 Å². The highest BCUT2D eigenvalue weighted by Crippen LogP contribution is 2.24. The number of rotatable bonds is 6. The lowest BCUT2D eigenvalue weighted by Gasteiger charge is -2.25. The van der Waals surface area contributed by atoms with Gasteiger partial charge in [0.25, 0.3) is 0 Å². The number of benzene rings is 1. The van der Waals surface area contributed by atoms with Crippen molar-refractivity contribution >= 4 is 23.2 Å². The first-order valence-corrected chi connectivity index (χ1v) is 6.65. The summed E-state index contributed by atoms with van der Waals surface area (Å²) in [7, 11) is 0. The normalized spacial score (nSPS) is 10.4. The number of carbonyl (C=O) groups excluding carboxylic acids is 1. The van der Waals surface area contributed by atoms with E-state index in [0.29, 0.717) is 19.8 Å². The summed E-state index contributed by atoms with van der Waals surface area (Å²) in [5, 5.41) is 0. The van der Waals surface area contributed by atoms with Crippen LogP contribution < -0.4 is 4.90 Å². The van der Waals surface area contributed by atoms with Gasteiger partial charge in [-0.15, -0.1) is 11.6 Å². The standard InChI is InChI=1S/C14H20ClNO2/c1-4-18-9-8-16(13(17)10-15)14-11(2)6-5-7-12(14)3/h5-7H,4,8-10H2,1-3H3. The molecule has 4 heteroatoms. The minimum Gasteiger partial charge on any atom is -0.380 e. The number of alkyl halides is 1. The maximum Gasteiger partial charge on any atom is 0.242 e. The molecule has 1 rings (SSSR count). The van der Waals surface area contributed by atoms with Crippen LogP contribution in [0.1, 0.15) is 18.1 Å². The fourth-order valence-electron chi connectivity index (χ4n) is 1.96. The minimum atomic E-state index is -0.0891. The monoisotopic (exact) mass is 269 g/mol. The Labute approximate surface area is 114 Å². The molecule has 0 bridgehead atoms. The van der Waals surface area contributed by atoms with Crippen molar-refractivity contribution in [2.75, 3.05) is 30.5 Å². The predicted molar refractivity (Wildman–Crippen MR) is 75.5 cm³/mol. The van der Waals surface area contributed by atoms with E-state index >= 15 is 0 Å². The molecule has 18 heavy (non-hydrogen) atoms. The molecule has 0 aromatic heterocycles. The molecule has 0 saturated carbocycles. The van der Waals surface area contributed by atoms with Crippen LogP contribution in [0.4, 0.5) is 5.69 Å². The first-order chi connectivity index (χ1) is 8.61. The van der Waals surface area contributed by atoms with Crippen molar-refractivity contribution in [2.24, 2.45) is 0 Å². The van der Waals surface area contributed by atoms with Crippen LogP contribution in [0.25, 0.3) is 0 Å². The molecule has 0 radical (unpaired) electrons. The van der Waals surface area contributed by atoms with Crippen molar-refractivity contribution in [1.82, 2.24) is 0 Å². The largest absolute Gasteiger partial charge is 0.380 e. The van der Waals surface area contributed by atoms with Crippen LogP contribution in [0.3, 0.4) is 0 Å². The van der Waals surface area contributed by atoms with Gasteiger partial charge in [-0.05, 0) is 31.9 Å². The van der Waals surface area contributed by atoms with E-state index in [-0.39, 0.29) is 11.8 Å². The molecule has 3 nitrogen and oxygen atoms in total. The molecule has 0 saturated heterocycles. The SMILES string of the molecule is CCOCCN(C(=O)CCl)c1c(C)cccc1C. The van der Waals surface area contributed by atoms with Gasteiger partial charge in [0.1, 0.15) is 5.88 Å². The average Bonchev–Trinajstić information content (AvgIpc) is 2.36. The molecule has 1 amide bonds. The smallest absolute Gasteiger partial charge is 0.242 e. The average molecular weight is 270 g/mol. The fourth-order valence-corrected chi connectivity index (χ4v) is 2.11. The summed E-state index contributed by atoms with van der Waals surface area (Å²) >= 11 is 5.68. The quantitative estimate of drug-likeness (QED) is 0.587. The van der Waals surface area contributed by atoms with Crippen LogP contribution in [0, 0.1) is 13.8 Å². The molecular formula is C14H20ClNO2.